The summed E-state index contributed by atoms with van der Waals surface area (Å²) in [5, 5.41) is 3.99. The van der Waals surface area contributed by atoms with Crippen LogP contribution in [-0.2, 0) is 0 Å². The molecule has 0 spiro atoms. The minimum atomic E-state index is 0.764. The fraction of sp³-hybridized carbons (Fsp3) is 0.733. The monoisotopic (exact) mass is 307 g/mol. The van der Waals surface area contributed by atoms with Gasteiger partial charge in [-0.2, -0.15) is 0 Å². The Hall–Kier alpha value is -1.01. The van der Waals surface area contributed by atoms with Gasteiger partial charge in [0.1, 0.15) is 11.6 Å². The van der Waals surface area contributed by atoms with Gasteiger partial charge >= 0.3 is 0 Å². The highest BCUT2D eigenvalue weighted by atomic mass is 32.2. The molecule has 2 aliphatic heterocycles. The zero-order chi connectivity index (χ0) is 14.8. The maximum atomic E-state index is 4.70. The smallest absolute Gasteiger partial charge is 0.191 e. The van der Waals surface area contributed by atoms with Gasteiger partial charge in [-0.05, 0) is 45.0 Å². The first-order valence-electron chi connectivity index (χ1n) is 7.77. The highest BCUT2D eigenvalue weighted by molar-refractivity contribution is 7.98. The molecule has 1 N–H and O–H groups in total. The third kappa shape index (κ3) is 3.11. The predicted octanol–water partition coefficient (Wildman–Crippen LogP) is 2.16. The molecule has 6 heteroatoms. The maximum absolute atomic E-state index is 4.70. The molecule has 3 heterocycles. The van der Waals surface area contributed by atoms with Gasteiger partial charge in [-0.1, -0.05) is 11.8 Å². The van der Waals surface area contributed by atoms with E-state index in [0.717, 1.165) is 41.8 Å². The number of fused-ring (bicyclic) bond motifs is 1. The van der Waals surface area contributed by atoms with Crippen LogP contribution in [0.15, 0.2) is 11.2 Å². The van der Waals surface area contributed by atoms with E-state index < -0.39 is 0 Å². The van der Waals surface area contributed by atoms with E-state index in [1.165, 1.54) is 25.8 Å². The van der Waals surface area contributed by atoms with Gasteiger partial charge in [-0.25, -0.2) is 9.97 Å². The molecule has 3 rings (SSSR count). The van der Waals surface area contributed by atoms with Gasteiger partial charge in [0.05, 0.1) is 0 Å². The molecule has 0 aromatic carbocycles. The van der Waals surface area contributed by atoms with Gasteiger partial charge in [0.15, 0.2) is 5.16 Å². The molecular formula is C15H25N5S. The van der Waals surface area contributed by atoms with Crippen molar-refractivity contribution in [3.05, 3.63) is 6.07 Å². The lowest BCUT2D eigenvalue weighted by atomic mass is 9.84. The minimum absolute atomic E-state index is 0.764. The number of aromatic nitrogens is 2. The van der Waals surface area contributed by atoms with Crippen molar-refractivity contribution in [2.75, 3.05) is 50.2 Å². The standard InChI is InChI=1S/C15H25N5S/c1-16-13-9-14(18-15(17-13)21-3)20-8-6-12-11(10-20)5-4-7-19(12)2/h9,11-12H,4-8,10H2,1-3H3,(H,16,17,18). The number of piperidine rings is 2. The predicted molar refractivity (Wildman–Crippen MR) is 89.3 cm³/mol. The third-order valence-corrected chi connectivity index (χ3v) is 5.35. The number of hydrogen-bond acceptors (Lipinski definition) is 6. The first kappa shape index (κ1) is 14.9. The van der Waals surface area contributed by atoms with Crippen molar-refractivity contribution in [1.29, 1.82) is 0 Å². The van der Waals surface area contributed by atoms with Crippen LogP contribution in [-0.4, -0.2) is 60.9 Å². The number of thioether (sulfide) groups is 1. The van der Waals surface area contributed by atoms with Crippen LogP contribution in [0.4, 0.5) is 11.6 Å². The number of anilines is 2. The summed E-state index contributed by atoms with van der Waals surface area (Å²) >= 11 is 1.60. The van der Waals surface area contributed by atoms with Crippen LogP contribution in [0.25, 0.3) is 0 Å². The summed E-state index contributed by atoms with van der Waals surface area (Å²) in [5.41, 5.74) is 0. The molecule has 2 saturated heterocycles. The number of rotatable bonds is 3. The number of likely N-dealkylation sites (tertiary alicyclic amines) is 1. The van der Waals surface area contributed by atoms with E-state index in [9.17, 15) is 0 Å². The van der Waals surface area contributed by atoms with Crippen molar-refractivity contribution >= 4 is 23.4 Å². The summed E-state index contributed by atoms with van der Waals surface area (Å²) in [4.78, 5) is 14.2. The summed E-state index contributed by atoms with van der Waals surface area (Å²) < 4.78 is 0. The summed E-state index contributed by atoms with van der Waals surface area (Å²) in [7, 11) is 4.20. The normalized spacial score (nSPS) is 26.5. The Morgan fingerprint density at radius 1 is 1.29 bits per heavy atom. The first-order valence-corrected chi connectivity index (χ1v) is 8.99. The molecule has 116 valence electrons. The van der Waals surface area contributed by atoms with Gasteiger partial charge < -0.3 is 15.1 Å². The van der Waals surface area contributed by atoms with E-state index in [0.29, 0.717) is 0 Å². The molecule has 0 saturated carbocycles. The van der Waals surface area contributed by atoms with E-state index >= 15 is 0 Å². The van der Waals surface area contributed by atoms with E-state index in [1.807, 2.05) is 13.3 Å². The van der Waals surface area contributed by atoms with Crippen molar-refractivity contribution in [1.82, 2.24) is 14.9 Å². The molecule has 0 bridgehead atoms. The Morgan fingerprint density at radius 2 is 2.14 bits per heavy atom. The largest absolute Gasteiger partial charge is 0.373 e. The lowest BCUT2D eigenvalue weighted by molar-refractivity contribution is 0.102. The van der Waals surface area contributed by atoms with Crippen LogP contribution in [0.3, 0.4) is 0 Å². The fourth-order valence-electron chi connectivity index (χ4n) is 3.65. The molecule has 21 heavy (non-hydrogen) atoms. The zero-order valence-electron chi connectivity index (χ0n) is 13.2. The maximum Gasteiger partial charge on any atom is 0.191 e. The van der Waals surface area contributed by atoms with Crippen LogP contribution in [0.1, 0.15) is 19.3 Å². The number of hydrogen-bond donors (Lipinski definition) is 1. The molecule has 2 aliphatic rings. The Morgan fingerprint density at radius 3 is 2.90 bits per heavy atom. The Bertz CT molecular complexity index is 473. The molecule has 2 atom stereocenters. The Labute approximate surface area is 131 Å². The number of nitrogens with one attached hydrogen (secondary N) is 1. The van der Waals surface area contributed by atoms with Gasteiger partial charge in [-0.3, -0.25) is 0 Å². The van der Waals surface area contributed by atoms with Crippen molar-refractivity contribution in [3.8, 4) is 0 Å². The molecule has 1 aromatic heterocycles. The lowest BCUT2D eigenvalue weighted by Crippen LogP contribution is -2.52. The molecule has 0 aliphatic carbocycles. The van der Waals surface area contributed by atoms with E-state index in [-0.39, 0.29) is 0 Å². The van der Waals surface area contributed by atoms with E-state index in [2.05, 4.69) is 33.2 Å². The highest BCUT2D eigenvalue weighted by Crippen LogP contribution is 2.32. The van der Waals surface area contributed by atoms with E-state index in [4.69, 9.17) is 4.98 Å². The van der Waals surface area contributed by atoms with Crippen molar-refractivity contribution in [3.63, 3.8) is 0 Å². The molecule has 0 amide bonds. The molecule has 5 nitrogen and oxygen atoms in total. The molecular weight excluding hydrogens is 282 g/mol. The van der Waals surface area contributed by atoms with Crippen molar-refractivity contribution in [2.24, 2.45) is 5.92 Å². The average molecular weight is 307 g/mol. The van der Waals surface area contributed by atoms with Crippen molar-refractivity contribution < 1.29 is 0 Å². The molecule has 2 unspecified atom stereocenters. The molecule has 0 radical (unpaired) electrons. The van der Waals surface area contributed by atoms with Crippen LogP contribution in [0, 0.1) is 5.92 Å². The van der Waals surface area contributed by atoms with Crippen LogP contribution < -0.4 is 10.2 Å². The van der Waals surface area contributed by atoms with Crippen molar-refractivity contribution in [2.45, 2.75) is 30.5 Å². The Kier molecular flexibility index (Phi) is 4.54. The van der Waals surface area contributed by atoms with Crippen LogP contribution >= 0.6 is 11.8 Å². The van der Waals surface area contributed by atoms with Crippen LogP contribution in [0.5, 0.6) is 0 Å². The fourth-order valence-corrected chi connectivity index (χ4v) is 4.03. The van der Waals surface area contributed by atoms with Gasteiger partial charge in [-0.15, -0.1) is 0 Å². The summed E-state index contributed by atoms with van der Waals surface area (Å²) in [6.07, 6.45) is 5.95. The van der Waals surface area contributed by atoms with Crippen LogP contribution in [0.2, 0.25) is 0 Å². The first-order chi connectivity index (χ1) is 10.2. The second-order valence-corrected chi connectivity index (χ2v) is 6.81. The topological polar surface area (TPSA) is 44.3 Å². The zero-order valence-corrected chi connectivity index (χ0v) is 14.0. The SMILES string of the molecule is CNc1cc(N2CCC3C(CCCN3C)C2)nc(SC)n1. The second-order valence-electron chi connectivity index (χ2n) is 6.03. The van der Waals surface area contributed by atoms with Gasteiger partial charge in [0.2, 0.25) is 0 Å². The highest BCUT2D eigenvalue weighted by Gasteiger charge is 2.34. The van der Waals surface area contributed by atoms with Gasteiger partial charge in [0.25, 0.3) is 0 Å². The molecule has 2 fully saturated rings. The summed E-state index contributed by atoms with van der Waals surface area (Å²) in [5.74, 6) is 2.76. The summed E-state index contributed by atoms with van der Waals surface area (Å²) in [6.45, 7) is 3.48. The number of nitrogens with zero attached hydrogens (tertiary/aromatic N) is 4. The lowest BCUT2D eigenvalue weighted by Gasteiger charge is -2.46. The third-order valence-electron chi connectivity index (χ3n) is 4.80. The molecule has 1 aromatic rings. The minimum Gasteiger partial charge on any atom is -0.373 e. The summed E-state index contributed by atoms with van der Waals surface area (Å²) in [6, 6.07) is 2.84. The van der Waals surface area contributed by atoms with E-state index in [1.54, 1.807) is 11.8 Å². The average Bonchev–Trinajstić information content (AvgIpc) is 2.54. The second kappa shape index (κ2) is 6.40. The van der Waals surface area contributed by atoms with Gasteiger partial charge in [0, 0.05) is 32.2 Å². The quantitative estimate of drug-likeness (QED) is 0.682. The Balaban J connectivity index is 1.78.